The van der Waals surface area contributed by atoms with Crippen molar-refractivity contribution in [1.29, 1.82) is 0 Å². The number of hydrogen-bond acceptors (Lipinski definition) is 6. The van der Waals surface area contributed by atoms with Crippen molar-refractivity contribution >= 4 is 55.0 Å². The van der Waals surface area contributed by atoms with Crippen molar-refractivity contribution in [1.82, 2.24) is 9.97 Å². The molecule has 0 aliphatic carbocycles. The number of nitrogens with two attached hydrogens (primary N) is 1. The van der Waals surface area contributed by atoms with Crippen LogP contribution in [0.4, 0.5) is 0 Å². The predicted octanol–water partition coefficient (Wildman–Crippen LogP) is 6.76. The molecule has 0 unspecified atom stereocenters. The van der Waals surface area contributed by atoms with Gasteiger partial charge < -0.3 is 10.5 Å². The van der Waals surface area contributed by atoms with Crippen LogP contribution in [0, 0.1) is 19.8 Å². The van der Waals surface area contributed by atoms with E-state index in [1.807, 2.05) is 12.1 Å². The highest BCUT2D eigenvalue weighted by molar-refractivity contribution is 7.98. The van der Waals surface area contributed by atoms with E-state index in [0.29, 0.717) is 23.9 Å². The molecule has 0 spiro atoms. The number of pyridine rings is 2. The summed E-state index contributed by atoms with van der Waals surface area (Å²) >= 11 is 1.56. The molecule has 2 aromatic heterocycles. The first kappa shape index (κ1) is 33.2. The van der Waals surface area contributed by atoms with E-state index in [0.717, 1.165) is 45.0 Å². The first-order chi connectivity index (χ1) is 15.3. The fourth-order valence-corrected chi connectivity index (χ4v) is 4.87. The van der Waals surface area contributed by atoms with E-state index in [9.17, 15) is 4.79 Å². The second-order valence-electron chi connectivity index (χ2n) is 8.27. The van der Waals surface area contributed by atoms with Crippen molar-refractivity contribution in [3.05, 3.63) is 76.4 Å². The maximum absolute atomic E-state index is 12.2. The molecule has 3 aromatic rings. The topological polar surface area (TPSA) is 78.1 Å². The van der Waals surface area contributed by atoms with Gasteiger partial charge >= 0.3 is 5.97 Å². The van der Waals surface area contributed by atoms with Crippen LogP contribution in [0.15, 0.2) is 47.5 Å². The van der Waals surface area contributed by atoms with Gasteiger partial charge in [-0.2, -0.15) is 0 Å². The van der Waals surface area contributed by atoms with Crippen LogP contribution >= 0.6 is 49.0 Å². The monoisotopic (exact) mass is 557 g/mol. The van der Waals surface area contributed by atoms with Crippen LogP contribution in [0.5, 0.6) is 0 Å². The van der Waals surface area contributed by atoms with Gasteiger partial charge in [-0.3, -0.25) is 4.98 Å². The third-order valence-corrected chi connectivity index (χ3v) is 6.43. The predicted molar refractivity (Wildman–Crippen MR) is 152 cm³/mol. The zero-order valence-electron chi connectivity index (χ0n) is 20.7. The summed E-state index contributed by atoms with van der Waals surface area (Å²) in [5, 5.41) is 0. The molecule has 3 rings (SSSR count). The Morgan fingerprint density at radius 2 is 1.71 bits per heavy atom. The van der Waals surface area contributed by atoms with E-state index < -0.39 is 5.97 Å². The zero-order valence-corrected chi connectivity index (χ0v) is 23.9. The smallest absolute Gasteiger partial charge is 0.357 e. The molecule has 35 heavy (non-hydrogen) atoms. The second-order valence-corrected chi connectivity index (χ2v) is 9.29. The Balaban J connectivity index is 0.00000385. The van der Waals surface area contributed by atoms with Crippen LogP contribution in [0.3, 0.4) is 0 Å². The molecule has 2 N–H and O–H groups in total. The van der Waals surface area contributed by atoms with Gasteiger partial charge in [-0.25, -0.2) is 9.78 Å². The number of carbonyl (C=O) groups is 1. The van der Waals surface area contributed by atoms with E-state index >= 15 is 0 Å². The van der Waals surface area contributed by atoms with Crippen LogP contribution in [0.1, 0.15) is 52.4 Å². The molecule has 0 atom stereocenters. The minimum Gasteiger partial charge on any atom is -0.464 e. The molecule has 0 fully saturated rings. The van der Waals surface area contributed by atoms with E-state index in [-0.39, 0.29) is 37.2 Å². The largest absolute Gasteiger partial charge is 0.464 e. The Labute approximate surface area is 231 Å². The number of nitrogens with zero attached hydrogens (tertiary/aromatic N) is 2. The number of methoxy groups -OCH3 is 1. The summed E-state index contributed by atoms with van der Waals surface area (Å²) in [6.45, 7) is 8.97. The van der Waals surface area contributed by atoms with Gasteiger partial charge in [0, 0.05) is 34.8 Å². The van der Waals surface area contributed by atoms with Gasteiger partial charge in [0.2, 0.25) is 0 Å². The summed E-state index contributed by atoms with van der Waals surface area (Å²) in [7, 11) is 1.37. The molecule has 0 aliphatic rings. The number of halogens is 3. The van der Waals surface area contributed by atoms with Gasteiger partial charge in [0.15, 0.2) is 5.69 Å². The lowest BCUT2D eigenvalue weighted by atomic mass is 9.90. The van der Waals surface area contributed by atoms with Crippen LogP contribution in [0.2, 0.25) is 0 Å². The molecule has 0 bridgehead atoms. The molecule has 0 amide bonds. The Morgan fingerprint density at radius 1 is 1.06 bits per heavy atom. The van der Waals surface area contributed by atoms with E-state index in [1.165, 1.54) is 12.7 Å². The Bertz CT molecular complexity index is 1110. The number of ether oxygens (including phenoxy) is 1. The molecule has 5 nitrogen and oxygen atoms in total. The Kier molecular flexibility index (Phi) is 14.5. The van der Waals surface area contributed by atoms with Gasteiger partial charge in [-0.1, -0.05) is 43.7 Å². The number of carbonyl (C=O) groups excluding carboxylic acids is 1. The molecule has 1 aromatic carbocycles. The number of aryl methyl sites for hydroxylation is 2. The number of esters is 1. The summed E-state index contributed by atoms with van der Waals surface area (Å²) < 4.78 is 4.90. The fourth-order valence-electron chi connectivity index (χ4n) is 3.77. The molecule has 0 radical (unpaired) electrons. The van der Waals surface area contributed by atoms with Crippen molar-refractivity contribution in [2.24, 2.45) is 11.7 Å². The van der Waals surface area contributed by atoms with Crippen molar-refractivity contribution < 1.29 is 9.53 Å². The SMILES string of the molecule is COC(=O)c1ncccc1SCc1c(C)nc(CC(C)C)c(CN)c1-c1ccc(C)cc1.Cl.Cl.Cl. The van der Waals surface area contributed by atoms with Crippen LogP contribution in [-0.2, 0) is 23.5 Å². The lowest BCUT2D eigenvalue weighted by molar-refractivity contribution is 0.0589. The quantitative estimate of drug-likeness (QED) is 0.243. The lowest BCUT2D eigenvalue weighted by Crippen LogP contribution is -2.13. The van der Waals surface area contributed by atoms with Gasteiger partial charge in [-0.05, 0) is 60.6 Å². The normalized spacial score (nSPS) is 10.1. The Hall–Kier alpha value is -1.83. The van der Waals surface area contributed by atoms with E-state index in [2.05, 4.69) is 56.9 Å². The first-order valence-corrected chi connectivity index (χ1v) is 11.8. The van der Waals surface area contributed by atoms with Gasteiger partial charge in [-0.15, -0.1) is 49.0 Å². The lowest BCUT2D eigenvalue weighted by Gasteiger charge is -2.21. The highest BCUT2D eigenvalue weighted by atomic mass is 35.5. The number of rotatable bonds is 8. The molecule has 192 valence electrons. The number of hydrogen-bond donors (Lipinski definition) is 1. The summed E-state index contributed by atoms with van der Waals surface area (Å²) in [6.07, 6.45) is 2.49. The van der Waals surface area contributed by atoms with Gasteiger partial charge in [0.25, 0.3) is 0 Å². The molecule has 9 heteroatoms. The average Bonchev–Trinajstić information content (AvgIpc) is 2.78. The second kappa shape index (κ2) is 15.3. The summed E-state index contributed by atoms with van der Waals surface area (Å²) in [6, 6.07) is 12.3. The van der Waals surface area contributed by atoms with Crippen LogP contribution in [-0.4, -0.2) is 23.0 Å². The fraction of sp³-hybridized carbons (Fsp3) is 0.346. The molecule has 2 heterocycles. The van der Waals surface area contributed by atoms with Gasteiger partial charge in [0.05, 0.1) is 7.11 Å². The Morgan fingerprint density at radius 3 is 2.29 bits per heavy atom. The van der Waals surface area contributed by atoms with Crippen LogP contribution in [0.25, 0.3) is 11.1 Å². The van der Waals surface area contributed by atoms with E-state index in [1.54, 1.807) is 18.0 Å². The summed E-state index contributed by atoms with van der Waals surface area (Å²) in [5.74, 6) is 0.695. The zero-order chi connectivity index (χ0) is 23.3. The molecule has 0 aliphatic heterocycles. The average molecular weight is 559 g/mol. The van der Waals surface area contributed by atoms with Crippen molar-refractivity contribution in [3.8, 4) is 11.1 Å². The third-order valence-electron chi connectivity index (χ3n) is 5.36. The van der Waals surface area contributed by atoms with E-state index in [4.69, 9.17) is 15.5 Å². The van der Waals surface area contributed by atoms with Crippen molar-refractivity contribution in [2.45, 2.75) is 51.3 Å². The third kappa shape index (κ3) is 8.09. The van der Waals surface area contributed by atoms with Crippen molar-refractivity contribution in [2.75, 3.05) is 7.11 Å². The first-order valence-electron chi connectivity index (χ1n) is 10.8. The maximum atomic E-state index is 12.2. The van der Waals surface area contributed by atoms with Crippen LogP contribution < -0.4 is 5.73 Å². The maximum Gasteiger partial charge on any atom is 0.357 e. The van der Waals surface area contributed by atoms with Crippen molar-refractivity contribution in [3.63, 3.8) is 0 Å². The number of aromatic nitrogens is 2. The number of thioether (sulfide) groups is 1. The van der Waals surface area contributed by atoms with Gasteiger partial charge in [0.1, 0.15) is 0 Å². The molecular weight excluding hydrogens is 525 g/mol. The highest BCUT2D eigenvalue weighted by Gasteiger charge is 2.21. The summed E-state index contributed by atoms with van der Waals surface area (Å²) in [4.78, 5) is 22.1. The standard InChI is InChI=1S/C26H31N3O2S.3ClH/c1-16(2)13-22-20(14-27)24(19-10-8-17(3)9-11-19)21(18(4)29-22)15-32-23-7-6-12-28-25(23)26(30)31-5;;;/h6-12,16H,13-15,27H2,1-5H3;3*1H. The highest BCUT2D eigenvalue weighted by Crippen LogP contribution is 2.36. The number of benzene rings is 1. The minimum atomic E-state index is -0.434. The molecule has 0 saturated carbocycles. The molecule has 0 saturated heterocycles. The molecular formula is C26H34Cl3N3O2S. The minimum absolute atomic E-state index is 0. The summed E-state index contributed by atoms with van der Waals surface area (Å²) in [5.41, 5.74) is 14.4.